The third-order valence-corrected chi connectivity index (χ3v) is 4.25. The van der Waals surface area contributed by atoms with Crippen LogP contribution >= 0.6 is 0 Å². The van der Waals surface area contributed by atoms with Gasteiger partial charge in [-0.1, -0.05) is 18.2 Å². The van der Waals surface area contributed by atoms with Crippen LogP contribution in [0.25, 0.3) is 0 Å². The summed E-state index contributed by atoms with van der Waals surface area (Å²) in [4.78, 5) is 25.0. The lowest BCUT2D eigenvalue weighted by Crippen LogP contribution is -2.45. The molecule has 0 spiro atoms. The van der Waals surface area contributed by atoms with E-state index >= 15 is 0 Å². The van der Waals surface area contributed by atoms with Crippen molar-refractivity contribution >= 4 is 23.4 Å². The number of carbonyl (C=O) groups excluding carboxylic acids is 1. The van der Waals surface area contributed by atoms with E-state index in [1.165, 1.54) is 6.33 Å². The predicted octanol–water partition coefficient (Wildman–Crippen LogP) is 2.17. The summed E-state index contributed by atoms with van der Waals surface area (Å²) in [6.07, 6.45) is 3.31. The van der Waals surface area contributed by atoms with E-state index in [9.17, 15) is 4.79 Å². The SMILES string of the molecule is NNc1ncnc2c1C1CCCN1C(=O)N2c1ccccc1. The minimum atomic E-state index is -0.0390. The van der Waals surface area contributed by atoms with E-state index in [-0.39, 0.29) is 12.1 Å². The lowest BCUT2D eigenvalue weighted by Gasteiger charge is -2.38. The largest absolute Gasteiger partial charge is 0.330 e. The molecule has 1 aromatic carbocycles. The molecule has 7 heteroatoms. The molecule has 1 saturated heterocycles. The van der Waals surface area contributed by atoms with E-state index in [0.29, 0.717) is 11.6 Å². The Morgan fingerprint density at radius 1 is 1.23 bits per heavy atom. The first kappa shape index (κ1) is 13.0. The van der Waals surface area contributed by atoms with Gasteiger partial charge in [0, 0.05) is 6.54 Å². The molecule has 112 valence electrons. The molecule has 7 nitrogen and oxygen atoms in total. The molecule has 0 aliphatic carbocycles. The lowest BCUT2D eigenvalue weighted by molar-refractivity contribution is 0.198. The Kier molecular flexibility index (Phi) is 2.93. The van der Waals surface area contributed by atoms with Crippen molar-refractivity contribution in [2.75, 3.05) is 16.9 Å². The van der Waals surface area contributed by atoms with Gasteiger partial charge < -0.3 is 10.3 Å². The number of para-hydroxylation sites is 1. The first-order valence-corrected chi connectivity index (χ1v) is 7.28. The van der Waals surface area contributed by atoms with Crippen LogP contribution in [-0.2, 0) is 0 Å². The van der Waals surface area contributed by atoms with Gasteiger partial charge in [-0.15, -0.1) is 0 Å². The van der Waals surface area contributed by atoms with Crippen molar-refractivity contribution in [3.8, 4) is 0 Å². The fourth-order valence-corrected chi connectivity index (χ4v) is 3.31. The maximum atomic E-state index is 12.9. The van der Waals surface area contributed by atoms with Crippen molar-refractivity contribution in [3.05, 3.63) is 42.2 Å². The maximum Gasteiger partial charge on any atom is 0.330 e. The summed E-state index contributed by atoms with van der Waals surface area (Å²) in [7, 11) is 0. The summed E-state index contributed by atoms with van der Waals surface area (Å²) < 4.78 is 0. The van der Waals surface area contributed by atoms with Crippen molar-refractivity contribution in [3.63, 3.8) is 0 Å². The van der Waals surface area contributed by atoms with E-state index in [1.54, 1.807) is 4.90 Å². The van der Waals surface area contributed by atoms with Crippen molar-refractivity contribution < 1.29 is 4.79 Å². The molecule has 1 atom stereocenters. The Labute approximate surface area is 127 Å². The molecule has 2 amide bonds. The molecule has 0 bridgehead atoms. The van der Waals surface area contributed by atoms with Gasteiger partial charge in [0.05, 0.1) is 17.3 Å². The fourth-order valence-electron chi connectivity index (χ4n) is 3.31. The number of nitrogens with zero attached hydrogens (tertiary/aromatic N) is 4. The number of urea groups is 1. The van der Waals surface area contributed by atoms with Crippen LogP contribution in [0.1, 0.15) is 24.4 Å². The average Bonchev–Trinajstić information content (AvgIpc) is 3.05. The molecular formula is C15H16N6O. The van der Waals surface area contributed by atoms with Gasteiger partial charge in [0.15, 0.2) is 11.6 Å². The number of fused-ring (bicyclic) bond motifs is 3. The monoisotopic (exact) mass is 296 g/mol. The Bertz CT molecular complexity index is 719. The number of aromatic nitrogens is 2. The van der Waals surface area contributed by atoms with E-state index in [0.717, 1.165) is 30.6 Å². The van der Waals surface area contributed by atoms with Crippen LogP contribution in [0.15, 0.2) is 36.7 Å². The molecule has 2 aliphatic rings. The van der Waals surface area contributed by atoms with Crippen LogP contribution in [0.4, 0.5) is 22.1 Å². The highest BCUT2D eigenvalue weighted by Crippen LogP contribution is 2.46. The lowest BCUT2D eigenvalue weighted by atomic mass is 10.0. The minimum Gasteiger partial charge on any atom is -0.317 e. The minimum absolute atomic E-state index is 0.00490. The highest BCUT2D eigenvalue weighted by molar-refractivity contribution is 6.02. The van der Waals surface area contributed by atoms with Crippen LogP contribution in [0, 0.1) is 0 Å². The summed E-state index contributed by atoms with van der Waals surface area (Å²) in [5.74, 6) is 6.81. The second kappa shape index (κ2) is 4.96. The molecule has 4 rings (SSSR count). The molecule has 2 aliphatic heterocycles. The van der Waals surface area contributed by atoms with E-state index in [2.05, 4.69) is 15.4 Å². The Balaban J connectivity index is 1.94. The number of carbonyl (C=O) groups is 1. The topological polar surface area (TPSA) is 87.4 Å². The number of hydrogen-bond acceptors (Lipinski definition) is 5. The number of benzene rings is 1. The number of nitrogens with two attached hydrogens (primary N) is 1. The zero-order valence-corrected chi connectivity index (χ0v) is 11.9. The van der Waals surface area contributed by atoms with Crippen molar-refractivity contribution in [2.45, 2.75) is 18.9 Å². The molecule has 2 aromatic rings. The molecule has 3 heterocycles. The predicted molar refractivity (Wildman–Crippen MR) is 82.5 cm³/mol. The van der Waals surface area contributed by atoms with Crippen LogP contribution in [0.3, 0.4) is 0 Å². The number of hydrogen-bond donors (Lipinski definition) is 2. The van der Waals surface area contributed by atoms with E-state index in [1.807, 2.05) is 35.2 Å². The second-order valence-corrected chi connectivity index (χ2v) is 5.41. The smallest absolute Gasteiger partial charge is 0.317 e. The molecule has 22 heavy (non-hydrogen) atoms. The normalized spacial score (nSPS) is 19.9. The molecule has 1 fully saturated rings. The summed E-state index contributed by atoms with van der Waals surface area (Å²) >= 11 is 0. The Hall–Kier alpha value is -2.67. The molecule has 1 aromatic heterocycles. The van der Waals surface area contributed by atoms with E-state index in [4.69, 9.17) is 5.84 Å². The van der Waals surface area contributed by atoms with Gasteiger partial charge >= 0.3 is 6.03 Å². The summed E-state index contributed by atoms with van der Waals surface area (Å²) in [6, 6.07) is 9.48. The number of anilines is 3. The van der Waals surface area contributed by atoms with Gasteiger partial charge in [0.1, 0.15) is 6.33 Å². The molecule has 1 unspecified atom stereocenters. The van der Waals surface area contributed by atoms with Gasteiger partial charge in [0.2, 0.25) is 0 Å². The molecule has 3 N–H and O–H groups in total. The van der Waals surface area contributed by atoms with Gasteiger partial charge in [-0.2, -0.15) is 0 Å². The average molecular weight is 296 g/mol. The first-order chi connectivity index (χ1) is 10.8. The number of hydrazine groups is 1. The van der Waals surface area contributed by atoms with Gasteiger partial charge in [-0.25, -0.2) is 25.5 Å². The van der Waals surface area contributed by atoms with Crippen LogP contribution < -0.4 is 16.2 Å². The third kappa shape index (κ3) is 1.75. The second-order valence-electron chi connectivity index (χ2n) is 5.41. The Morgan fingerprint density at radius 3 is 2.82 bits per heavy atom. The Morgan fingerprint density at radius 2 is 2.05 bits per heavy atom. The maximum absolute atomic E-state index is 12.9. The van der Waals surface area contributed by atoms with Crippen LogP contribution in [0.2, 0.25) is 0 Å². The standard InChI is InChI=1S/C15H16N6O/c16-19-13-12-11-7-4-8-20(11)15(22)21(14(12)18-9-17-13)10-5-2-1-3-6-10/h1-3,5-6,9,11H,4,7-8,16H2,(H,17,18,19). The summed E-state index contributed by atoms with van der Waals surface area (Å²) in [5.41, 5.74) is 4.33. The number of nitrogens with one attached hydrogen (secondary N) is 1. The van der Waals surface area contributed by atoms with E-state index < -0.39 is 0 Å². The molecule has 0 radical (unpaired) electrons. The molecule has 0 saturated carbocycles. The van der Waals surface area contributed by atoms with Crippen molar-refractivity contribution in [2.24, 2.45) is 5.84 Å². The van der Waals surface area contributed by atoms with Crippen molar-refractivity contribution in [1.82, 2.24) is 14.9 Å². The van der Waals surface area contributed by atoms with Gasteiger partial charge in [-0.05, 0) is 25.0 Å². The number of nitrogen functional groups attached to an aromatic ring is 1. The first-order valence-electron chi connectivity index (χ1n) is 7.28. The zero-order chi connectivity index (χ0) is 15.1. The summed E-state index contributed by atoms with van der Waals surface area (Å²) in [5, 5.41) is 0. The zero-order valence-electron chi connectivity index (χ0n) is 11.9. The van der Waals surface area contributed by atoms with Crippen LogP contribution in [0.5, 0.6) is 0 Å². The third-order valence-electron chi connectivity index (χ3n) is 4.25. The number of rotatable bonds is 2. The van der Waals surface area contributed by atoms with Gasteiger partial charge in [0.25, 0.3) is 0 Å². The van der Waals surface area contributed by atoms with Crippen LogP contribution in [-0.4, -0.2) is 27.4 Å². The highest BCUT2D eigenvalue weighted by Gasteiger charge is 2.43. The number of amides is 2. The fraction of sp³-hybridized carbons (Fsp3) is 0.267. The summed E-state index contributed by atoms with van der Waals surface area (Å²) in [6.45, 7) is 0.741. The highest BCUT2D eigenvalue weighted by atomic mass is 16.2. The quantitative estimate of drug-likeness (QED) is 0.655. The molecular weight excluding hydrogens is 280 g/mol. The van der Waals surface area contributed by atoms with Crippen molar-refractivity contribution in [1.29, 1.82) is 0 Å². The van der Waals surface area contributed by atoms with Gasteiger partial charge in [-0.3, -0.25) is 0 Å².